The van der Waals surface area contributed by atoms with Crippen molar-refractivity contribution in [3.8, 4) is 0 Å². The van der Waals surface area contributed by atoms with Crippen molar-refractivity contribution in [2.75, 3.05) is 13.2 Å². The zero-order valence-electron chi connectivity index (χ0n) is 18.1. The van der Waals surface area contributed by atoms with E-state index in [4.69, 9.17) is 9.47 Å². The summed E-state index contributed by atoms with van der Waals surface area (Å²) in [5.41, 5.74) is 4.50. The first-order valence-corrected chi connectivity index (χ1v) is 10.9. The second kappa shape index (κ2) is 8.25. The first-order valence-electron chi connectivity index (χ1n) is 10.9. The van der Waals surface area contributed by atoms with E-state index < -0.39 is 11.8 Å². The van der Waals surface area contributed by atoms with Crippen molar-refractivity contribution in [2.24, 2.45) is 23.7 Å². The van der Waals surface area contributed by atoms with Gasteiger partial charge in [-0.15, -0.1) is 0 Å². The molecule has 3 aliphatic rings. The van der Waals surface area contributed by atoms with Gasteiger partial charge in [-0.1, -0.05) is 76.2 Å². The molecule has 2 bridgehead atoms. The van der Waals surface area contributed by atoms with Crippen LogP contribution >= 0.6 is 0 Å². The van der Waals surface area contributed by atoms with Gasteiger partial charge in [0.25, 0.3) is 0 Å². The summed E-state index contributed by atoms with van der Waals surface area (Å²) in [5.74, 6) is -1.65. The summed E-state index contributed by atoms with van der Waals surface area (Å²) in [7, 11) is 0. The van der Waals surface area contributed by atoms with E-state index in [1.165, 1.54) is 0 Å². The first-order chi connectivity index (χ1) is 14.4. The zero-order chi connectivity index (χ0) is 21.4. The fourth-order valence-electron chi connectivity index (χ4n) is 4.93. The van der Waals surface area contributed by atoms with E-state index in [1.54, 1.807) is 0 Å². The molecule has 4 nitrogen and oxygen atoms in total. The lowest BCUT2D eigenvalue weighted by Gasteiger charge is -2.48. The van der Waals surface area contributed by atoms with Crippen LogP contribution < -0.4 is 0 Å². The molecule has 0 heterocycles. The number of benzene rings is 2. The van der Waals surface area contributed by atoms with Crippen LogP contribution in [0.2, 0.25) is 0 Å². The molecule has 0 fully saturated rings. The molecule has 0 amide bonds. The molecule has 0 saturated heterocycles. The summed E-state index contributed by atoms with van der Waals surface area (Å²) >= 11 is 0. The van der Waals surface area contributed by atoms with E-state index in [-0.39, 0.29) is 35.6 Å². The fraction of sp³-hybridized carbons (Fsp3) is 0.462. The maximum absolute atomic E-state index is 13.3. The molecule has 0 N–H and O–H groups in total. The van der Waals surface area contributed by atoms with Crippen LogP contribution in [0.3, 0.4) is 0 Å². The Morgan fingerprint density at radius 1 is 0.667 bits per heavy atom. The lowest BCUT2D eigenvalue weighted by atomic mass is 9.54. The molecule has 0 radical (unpaired) electrons. The lowest BCUT2D eigenvalue weighted by Crippen LogP contribution is -2.48. The van der Waals surface area contributed by atoms with Crippen LogP contribution in [0.25, 0.3) is 0 Å². The molecule has 158 valence electrons. The highest BCUT2D eigenvalue weighted by Crippen LogP contribution is 2.58. The molecule has 2 atom stereocenters. The van der Waals surface area contributed by atoms with Crippen molar-refractivity contribution in [2.45, 2.75) is 39.5 Å². The van der Waals surface area contributed by atoms with E-state index in [2.05, 4.69) is 24.3 Å². The molecule has 0 aliphatic heterocycles. The quantitative estimate of drug-likeness (QED) is 0.640. The Hall–Kier alpha value is -2.62. The Balaban J connectivity index is 1.82. The van der Waals surface area contributed by atoms with Gasteiger partial charge >= 0.3 is 11.9 Å². The number of ether oxygens (including phenoxy) is 2. The third-order valence-corrected chi connectivity index (χ3v) is 6.10. The van der Waals surface area contributed by atoms with Crippen molar-refractivity contribution in [1.29, 1.82) is 0 Å². The number of esters is 2. The molecule has 2 aromatic carbocycles. The summed E-state index contributed by atoms with van der Waals surface area (Å²) in [6.07, 6.45) is 0. The van der Waals surface area contributed by atoms with E-state index in [1.807, 2.05) is 52.0 Å². The number of fused-ring (bicyclic) bond motifs is 1. The maximum Gasteiger partial charge on any atom is 0.310 e. The summed E-state index contributed by atoms with van der Waals surface area (Å²) in [6.45, 7) is 8.75. The van der Waals surface area contributed by atoms with Gasteiger partial charge in [-0.25, -0.2) is 0 Å². The number of hydrogen-bond acceptors (Lipinski definition) is 4. The molecule has 0 saturated carbocycles. The highest BCUT2D eigenvalue weighted by atomic mass is 16.5. The Morgan fingerprint density at radius 2 is 0.967 bits per heavy atom. The molecule has 0 aromatic heterocycles. The normalized spacial score (nSPS) is 23.8. The fourth-order valence-corrected chi connectivity index (χ4v) is 4.93. The molecule has 5 rings (SSSR count). The summed E-state index contributed by atoms with van der Waals surface area (Å²) in [4.78, 5) is 26.7. The van der Waals surface area contributed by atoms with E-state index in [0.717, 1.165) is 22.3 Å². The second-order valence-corrected chi connectivity index (χ2v) is 9.31. The Morgan fingerprint density at radius 3 is 1.23 bits per heavy atom. The summed E-state index contributed by atoms with van der Waals surface area (Å²) < 4.78 is 11.4. The third-order valence-electron chi connectivity index (χ3n) is 6.10. The van der Waals surface area contributed by atoms with E-state index >= 15 is 0 Å². The average Bonchev–Trinajstić information content (AvgIpc) is 2.75. The number of carbonyl (C=O) groups is 2. The van der Waals surface area contributed by atoms with Gasteiger partial charge in [0, 0.05) is 11.8 Å². The number of carbonyl (C=O) groups excluding carboxylic acids is 2. The van der Waals surface area contributed by atoms with E-state index in [9.17, 15) is 9.59 Å². The predicted molar refractivity (Wildman–Crippen MR) is 115 cm³/mol. The summed E-state index contributed by atoms with van der Waals surface area (Å²) in [5, 5.41) is 0. The number of hydrogen-bond donors (Lipinski definition) is 0. The molecule has 2 aromatic rings. The van der Waals surface area contributed by atoms with Gasteiger partial charge in [-0.2, -0.15) is 0 Å². The summed E-state index contributed by atoms with van der Waals surface area (Å²) in [6, 6.07) is 16.4. The van der Waals surface area contributed by atoms with Crippen LogP contribution in [0.4, 0.5) is 0 Å². The maximum atomic E-state index is 13.3. The van der Waals surface area contributed by atoms with Gasteiger partial charge in [0.1, 0.15) is 0 Å². The minimum atomic E-state index is -0.571. The van der Waals surface area contributed by atoms with Crippen LogP contribution in [0.15, 0.2) is 48.5 Å². The van der Waals surface area contributed by atoms with Crippen molar-refractivity contribution >= 4 is 11.9 Å². The molecular formula is C26H30O4. The third kappa shape index (κ3) is 3.53. The van der Waals surface area contributed by atoms with Gasteiger partial charge in [-0.3, -0.25) is 9.59 Å². The Bertz CT molecular complexity index is 822. The molecule has 3 aliphatic carbocycles. The lowest BCUT2D eigenvalue weighted by molar-refractivity contribution is -0.164. The first kappa shape index (κ1) is 20.6. The van der Waals surface area contributed by atoms with Gasteiger partial charge in [0.15, 0.2) is 0 Å². The Labute approximate surface area is 178 Å². The SMILES string of the molecule is CC(C)COC(=O)[C@@H]1C2c3ccccc3C(c3ccccc32)[C@H]1C(=O)OCC(C)C. The average molecular weight is 407 g/mol. The molecule has 4 heteroatoms. The van der Waals surface area contributed by atoms with Gasteiger partial charge in [-0.05, 0) is 34.1 Å². The number of rotatable bonds is 6. The van der Waals surface area contributed by atoms with Crippen molar-refractivity contribution in [3.63, 3.8) is 0 Å². The van der Waals surface area contributed by atoms with Crippen LogP contribution in [0.5, 0.6) is 0 Å². The van der Waals surface area contributed by atoms with Crippen LogP contribution in [-0.4, -0.2) is 25.2 Å². The largest absolute Gasteiger partial charge is 0.465 e. The van der Waals surface area contributed by atoms with E-state index in [0.29, 0.717) is 13.2 Å². The topological polar surface area (TPSA) is 52.6 Å². The molecule has 0 spiro atoms. The Kier molecular flexibility index (Phi) is 5.68. The van der Waals surface area contributed by atoms with Crippen molar-refractivity contribution in [1.82, 2.24) is 0 Å². The molecular weight excluding hydrogens is 376 g/mol. The molecule has 0 unspecified atom stereocenters. The standard InChI is InChI=1S/C26H30O4/c1-15(2)13-29-25(27)23-21-17-9-5-7-11-19(17)22(20-12-8-6-10-18(20)21)24(23)26(28)30-14-16(3)4/h5-12,15-16,21-24H,13-14H2,1-4H3/t21?,22?,23-,24-/m1/s1. The van der Waals surface area contributed by atoms with Crippen LogP contribution in [0, 0.1) is 23.7 Å². The second-order valence-electron chi connectivity index (χ2n) is 9.31. The highest BCUT2D eigenvalue weighted by Gasteiger charge is 2.56. The van der Waals surface area contributed by atoms with Crippen molar-refractivity contribution in [3.05, 3.63) is 70.8 Å². The monoisotopic (exact) mass is 406 g/mol. The smallest absolute Gasteiger partial charge is 0.310 e. The van der Waals surface area contributed by atoms with Gasteiger partial charge < -0.3 is 9.47 Å². The van der Waals surface area contributed by atoms with Crippen LogP contribution in [0.1, 0.15) is 61.8 Å². The van der Waals surface area contributed by atoms with Crippen molar-refractivity contribution < 1.29 is 19.1 Å². The molecule has 30 heavy (non-hydrogen) atoms. The van der Waals surface area contributed by atoms with Crippen LogP contribution in [-0.2, 0) is 19.1 Å². The minimum absolute atomic E-state index is 0.196. The zero-order valence-corrected chi connectivity index (χ0v) is 18.1. The van der Waals surface area contributed by atoms with Gasteiger partial charge in [0.05, 0.1) is 25.0 Å². The van der Waals surface area contributed by atoms with Gasteiger partial charge in [0.2, 0.25) is 0 Å². The highest BCUT2D eigenvalue weighted by molar-refractivity contribution is 5.88. The predicted octanol–water partition coefficient (Wildman–Crippen LogP) is 4.91. The minimum Gasteiger partial charge on any atom is -0.465 e.